The monoisotopic (exact) mass is 210 g/mol. The molecule has 0 fully saturated rings. The fourth-order valence-electron chi connectivity index (χ4n) is 1.15. The molecule has 0 aromatic heterocycles. The highest BCUT2D eigenvalue weighted by Crippen LogP contribution is 2.17. The highest BCUT2D eigenvalue weighted by atomic mass is 19.1. The summed E-state index contributed by atoms with van der Waals surface area (Å²) in [5, 5.41) is 17.7. The Balaban J connectivity index is 2.93. The van der Waals surface area contributed by atoms with Gasteiger partial charge < -0.3 is 5.41 Å². The van der Waals surface area contributed by atoms with E-state index in [1.807, 2.05) is 6.92 Å². The molecule has 0 aliphatic rings. The smallest absolute Gasteiger partial charge is 0.272 e. The number of rotatable bonds is 4. The lowest BCUT2D eigenvalue weighted by Crippen LogP contribution is -2.02. The molecule has 0 saturated carbocycles. The Morgan fingerprint density at radius 1 is 1.60 bits per heavy atom. The highest BCUT2D eigenvalue weighted by Gasteiger charge is 2.11. The van der Waals surface area contributed by atoms with E-state index in [-0.39, 0.29) is 12.1 Å². The van der Waals surface area contributed by atoms with E-state index in [1.54, 1.807) is 0 Å². The highest BCUT2D eigenvalue weighted by molar-refractivity contribution is 5.83. The van der Waals surface area contributed by atoms with Gasteiger partial charge in [0, 0.05) is 18.2 Å². The second kappa shape index (κ2) is 4.63. The summed E-state index contributed by atoms with van der Waals surface area (Å²) < 4.78 is 13.3. The van der Waals surface area contributed by atoms with Crippen LogP contribution in [-0.2, 0) is 6.42 Å². The van der Waals surface area contributed by atoms with E-state index in [9.17, 15) is 14.5 Å². The summed E-state index contributed by atoms with van der Waals surface area (Å²) in [6.45, 7) is 1.81. The number of nitrogens with one attached hydrogen (secondary N) is 1. The van der Waals surface area contributed by atoms with E-state index >= 15 is 0 Å². The molecule has 0 saturated heterocycles. The normalized spacial score (nSPS) is 10.0. The summed E-state index contributed by atoms with van der Waals surface area (Å²) in [6.07, 6.45) is 0.761. The minimum Gasteiger partial charge on any atom is -0.309 e. The van der Waals surface area contributed by atoms with Crippen molar-refractivity contribution in [1.82, 2.24) is 0 Å². The Morgan fingerprint density at radius 3 is 2.73 bits per heavy atom. The first-order chi connectivity index (χ1) is 7.04. The van der Waals surface area contributed by atoms with E-state index in [4.69, 9.17) is 5.41 Å². The molecule has 1 aromatic carbocycles. The van der Waals surface area contributed by atoms with Crippen molar-refractivity contribution in [2.45, 2.75) is 19.8 Å². The average Bonchev–Trinajstić information content (AvgIpc) is 2.20. The Hall–Kier alpha value is -1.78. The Kier molecular flexibility index (Phi) is 3.49. The van der Waals surface area contributed by atoms with Crippen molar-refractivity contribution in [3.05, 3.63) is 39.7 Å². The molecule has 0 radical (unpaired) electrons. The van der Waals surface area contributed by atoms with Crippen LogP contribution in [0.1, 0.15) is 18.9 Å². The average molecular weight is 210 g/mol. The number of non-ortho nitro benzene ring substituents is 1. The van der Waals surface area contributed by atoms with Gasteiger partial charge in [0.1, 0.15) is 5.82 Å². The quantitative estimate of drug-likeness (QED) is 0.471. The van der Waals surface area contributed by atoms with Crippen molar-refractivity contribution in [3.8, 4) is 0 Å². The van der Waals surface area contributed by atoms with Gasteiger partial charge >= 0.3 is 0 Å². The molecule has 1 N–H and O–H groups in total. The summed E-state index contributed by atoms with van der Waals surface area (Å²) in [5.74, 6) is -0.623. The lowest BCUT2D eigenvalue weighted by atomic mass is 10.1. The molecule has 0 unspecified atom stereocenters. The number of hydrogen-bond donors (Lipinski definition) is 1. The maximum atomic E-state index is 13.3. The molecule has 1 rings (SSSR count). The summed E-state index contributed by atoms with van der Waals surface area (Å²) in [4.78, 5) is 9.70. The minimum absolute atomic E-state index is 0.209. The molecule has 0 amide bonds. The lowest BCUT2D eigenvalue weighted by molar-refractivity contribution is -0.385. The molecule has 0 atom stereocenters. The van der Waals surface area contributed by atoms with Crippen LogP contribution in [0.4, 0.5) is 10.1 Å². The van der Waals surface area contributed by atoms with Crippen LogP contribution in [0.3, 0.4) is 0 Å². The van der Waals surface area contributed by atoms with Crippen LogP contribution < -0.4 is 0 Å². The van der Waals surface area contributed by atoms with E-state index in [0.29, 0.717) is 17.7 Å². The molecule has 0 heterocycles. The van der Waals surface area contributed by atoms with Crippen LogP contribution in [0.25, 0.3) is 0 Å². The third-order valence-corrected chi connectivity index (χ3v) is 2.08. The van der Waals surface area contributed by atoms with Crippen molar-refractivity contribution in [2.24, 2.45) is 0 Å². The third kappa shape index (κ3) is 2.83. The first kappa shape index (κ1) is 11.3. The van der Waals surface area contributed by atoms with Crippen molar-refractivity contribution in [2.75, 3.05) is 0 Å². The molecule has 5 heteroatoms. The van der Waals surface area contributed by atoms with Gasteiger partial charge in [-0.2, -0.15) is 0 Å². The fraction of sp³-hybridized carbons (Fsp3) is 0.300. The first-order valence-electron chi connectivity index (χ1n) is 4.53. The number of halogens is 1. The standard InChI is InChI=1S/C10H11FN2O2/c1-2-8(12)5-7-3-4-9(13(14)15)6-10(7)11/h3-4,6,12H,2,5H2,1H3. The van der Waals surface area contributed by atoms with Gasteiger partial charge in [0.25, 0.3) is 5.69 Å². The Morgan fingerprint density at radius 2 is 2.27 bits per heavy atom. The molecular formula is C10H11FN2O2. The predicted molar refractivity (Wildman–Crippen MR) is 54.8 cm³/mol. The van der Waals surface area contributed by atoms with Gasteiger partial charge in [-0.25, -0.2) is 4.39 Å². The van der Waals surface area contributed by atoms with Crippen molar-refractivity contribution in [1.29, 1.82) is 5.41 Å². The van der Waals surface area contributed by atoms with Crippen LogP contribution >= 0.6 is 0 Å². The van der Waals surface area contributed by atoms with Crippen molar-refractivity contribution >= 4 is 11.4 Å². The molecule has 0 aliphatic heterocycles. The number of benzene rings is 1. The summed E-state index contributed by atoms with van der Waals surface area (Å²) >= 11 is 0. The fourth-order valence-corrected chi connectivity index (χ4v) is 1.15. The van der Waals surface area contributed by atoms with Crippen LogP contribution in [-0.4, -0.2) is 10.6 Å². The van der Waals surface area contributed by atoms with Crippen LogP contribution in [0.15, 0.2) is 18.2 Å². The number of nitro groups is 1. The van der Waals surface area contributed by atoms with Crippen LogP contribution in [0.5, 0.6) is 0 Å². The lowest BCUT2D eigenvalue weighted by Gasteiger charge is -2.02. The molecule has 15 heavy (non-hydrogen) atoms. The van der Waals surface area contributed by atoms with E-state index in [2.05, 4.69) is 0 Å². The number of hydrogen-bond acceptors (Lipinski definition) is 3. The third-order valence-electron chi connectivity index (χ3n) is 2.08. The maximum absolute atomic E-state index is 13.3. The number of nitro benzene ring substituents is 1. The number of nitrogens with zero attached hydrogens (tertiary/aromatic N) is 1. The van der Waals surface area contributed by atoms with E-state index in [0.717, 1.165) is 6.07 Å². The molecule has 0 spiro atoms. The maximum Gasteiger partial charge on any atom is 0.272 e. The predicted octanol–water partition coefficient (Wildman–Crippen LogP) is 2.71. The zero-order valence-corrected chi connectivity index (χ0v) is 8.29. The molecule has 0 bridgehead atoms. The van der Waals surface area contributed by atoms with Gasteiger partial charge in [0.05, 0.1) is 11.0 Å². The van der Waals surface area contributed by atoms with Gasteiger partial charge in [0.15, 0.2) is 0 Å². The Labute approximate surface area is 86.4 Å². The zero-order valence-electron chi connectivity index (χ0n) is 8.29. The van der Waals surface area contributed by atoms with E-state index in [1.165, 1.54) is 12.1 Å². The summed E-state index contributed by atoms with van der Waals surface area (Å²) in [6, 6.07) is 3.50. The van der Waals surface area contributed by atoms with Crippen molar-refractivity contribution < 1.29 is 9.31 Å². The summed E-state index contributed by atoms with van der Waals surface area (Å²) in [7, 11) is 0. The largest absolute Gasteiger partial charge is 0.309 e. The molecule has 1 aromatic rings. The molecule has 0 aliphatic carbocycles. The minimum atomic E-state index is -0.641. The molecule has 80 valence electrons. The zero-order chi connectivity index (χ0) is 11.4. The summed E-state index contributed by atoms with van der Waals surface area (Å²) in [5.41, 5.74) is 0.467. The van der Waals surface area contributed by atoms with Gasteiger partial charge in [-0.05, 0) is 18.1 Å². The SMILES string of the molecule is CCC(=N)Cc1ccc([N+](=O)[O-])cc1F. The van der Waals surface area contributed by atoms with Gasteiger partial charge in [0.2, 0.25) is 0 Å². The Bertz CT molecular complexity index is 404. The van der Waals surface area contributed by atoms with Crippen LogP contribution in [0.2, 0.25) is 0 Å². The van der Waals surface area contributed by atoms with Crippen LogP contribution in [0, 0.1) is 21.3 Å². The molecular weight excluding hydrogens is 199 g/mol. The van der Waals surface area contributed by atoms with Gasteiger partial charge in [-0.15, -0.1) is 0 Å². The first-order valence-corrected chi connectivity index (χ1v) is 4.53. The van der Waals surface area contributed by atoms with E-state index < -0.39 is 10.7 Å². The second-order valence-corrected chi connectivity index (χ2v) is 3.17. The van der Waals surface area contributed by atoms with Gasteiger partial charge in [-0.1, -0.05) is 6.92 Å². The van der Waals surface area contributed by atoms with Crippen molar-refractivity contribution in [3.63, 3.8) is 0 Å². The topological polar surface area (TPSA) is 67.0 Å². The molecule has 4 nitrogen and oxygen atoms in total. The van der Waals surface area contributed by atoms with Gasteiger partial charge in [-0.3, -0.25) is 10.1 Å². The second-order valence-electron chi connectivity index (χ2n) is 3.17.